The van der Waals surface area contributed by atoms with E-state index in [0.29, 0.717) is 12.1 Å². The minimum absolute atomic E-state index is 0.236. The molecule has 1 N–H and O–H groups in total. The molecule has 1 rings (SSSR count). The summed E-state index contributed by atoms with van der Waals surface area (Å²) in [4.78, 5) is 27.7. The molecule has 18 heavy (non-hydrogen) atoms. The maximum absolute atomic E-state index is 11.7. The van der Waals surface area contributed by atoms with Gasteiger partial charge in [-0.3, -0.25) is 15.1 Å². The largest absolute Gasteiger partial charge is 0.469 e. The Kier molecular flexibility index (Phi) is 4.72. The molecular weight excluding hydrogens is 238 g/mol. The summed E-state index contributed by atoms with van der Waals surface area (Å²) < 4.78 is 9.70. The van der Waals surface area contributed by atoms with Crippen molar-refractivity contribution >= 4 is 11.9 Å². The van der Waals surface area contributed by atoms with Crippen LogP contribution in [0, 0.1) is 0 Å². The van der Waals surface area contributed by atoms with Crippen molar-refractivity contribution in [2.24, 2.45) is 0 Å². The monoisotopic (exact) mass is 257 g/mol. The molecule has 0 aliphatic carbocycles. The van der Waals surface area contributed by atoms with Crippen molar-refractivity contribution in [3.63, 3.8) is 0 Å². The SMILES string of the molecule is COC(=O)CCC1=CC(C(=O)OC(C)(C)C)ON1. The summed E-state index contributed by atoms with van der Waals surface area (Å²) in [7, 11) is 1.33. The summed E-state index contributed by atoms with van der Waals surface area (Å²) in [5.41, 5.74) is 2.73. The van der Waals surface area contributed by atoms with Crippen molar-refractivity contribution in [1.82, 2.24) is 5.48 Å². The van der Waals surface area contributed by atoms with Crippen LogP contribution in [0.25, 0.3) is 0 Å². The van der Waals surface area contributed by atoms with E-state index in [1.165, 1.54) is 7.11 Å². The van der Waals surface area contributed by atoms with Gasteiger partial charge in [0.15, 0.2) is 0 Å². The highest BCUT2D eigenvalue weighted by atomic mass is 16.7. The molecule has 1 aliphatic heterocycles. The Hall–Kier alpha value is -1.56. The molecule has 6 nitrogen and oxygen atoms in total. The lowest BCUT2D eigenvalue weighted by atomic mass is 10.2. The van der Waals surface area contributed by atoms with Crippen molar-refractivity contribution in [3.05, 3.63) is 11.8 Å². The number of nitrogens with one attached hydrogen (secondary N) is 1. The van der Waals surface area contributed by atoms with Gasteiger partial charge in [0.05, 0.1) is 13.5 Å². The van der Waals surface area contributed by atoms with Crippen LogP contribution < -0.4 is 5.48 Å². The molecule has 6 heteroatoms. The summed E-state index contributed by atoms with van der Waals surface area (Å²) in [5, 5.41) is 0. The number of allylic oxidation sites excluding steroid dienone is 1. The highest BCUT2D eigenvalue weighted by Crippen LogP contribution is 2.16. The van der Waals surface area contributed by atoms with Crippen LogP contribution >= 0.6 is 0 Å². The predicted octanol–water partition coefficient (Wildman–Crippen LogP) is 1.07. The second kappa shape index (κ2) is 5.86. The second-order valence-electron chi connectivity index (χ2n) is 4.94. The topological polar surface area (TPSA) is 73.9 Å². The highest BCUT2D eigenvalue weighted by Gasteiger charge is 2.28. The molecule has 1 heterocycles. The normalized spacial score (nSPS) is 18.9. The average Bonchev–Trinajstić information content (AvgIpc) is 2.72. The molecule has 0 aromatic carbocycles. The standard InChI is InChI=1S/C12H19NO5/c1-12(2,3)17-11(15)9-7-8(13-18-9)5-6-10(14)16-4/h7,9,13H,5-6H2,1-4H3. The molecule has 0 bridgehead atoms. The van der Waals surface area contributed by atoms with Crippen molar-refractivity contribution in [2.75, 3.05) is 7.11 Å². The van der Waals surface area contributed by atoms with Gasteiger partial charge in [0.1, 0.15) is 5.60 Å². The predicted molar refractivity (Wildman–Crippen MR) is 63.2 cm³/mol. The zero-order valence-corrected chi connectivity index (χ0v) is 11.1. The van der Waals surface area contributed by atoms with Gasteiger partial charge in [-0.2, -0.15) is 0 Å². The van der Waals surface area contributed by atoms with E-state index in [2.05, 4.69) is 10.2 Å². The molecule has 0 aromatic heterocycles. The number of rotatable bonds is 4. The molecule has 0 fully saturated rings. The lowest BCUT2D eigenvalue weighted by Crippen LogP contribution is -2.32. The fraction of sp³-hybridized carbons (Fsp3) is 0.667. The van der Waals surface area contributed by atoms with Crippen LogP contribution in [0.1, 0.15) is 33.6 Å². The number of carbonyl (C=O) groups excluding carboxylic acids is 2. The van der Waals surface area contributed by atoms with E-state index in [0.717, 1.165) is 0 Å². The number of esters is 2. The Bertz CT molecular complexity index is 356. The van der Waals surface area contributed by atoms with Crippen LogP contribution in [0.2, 0.25) is 0 Å². The van der Waals surface area contributed by atoms with E-state index in [1.54, 1.807) is 26.8 Å². The highest BCUT2D eigenvalue weighted by molar-refractivity contribution is 5.78. The van der Waals surface area contributed by atoms with Crippen molar-refractivity contribution in [2.45, 2.75) is 45.3 Å². The Morgan fingerprint density at radius 2 is 2.11 bits per heavy atom. The summed E-state index contributed by atoms with van der Waals surface area (Å²) in [5.74, 6) is -0.763. The molecule has 0 aromatic rings. The number of methoxy groups -OCH3 is 1. The van der Waals surface area contributed by atoms with Crippen molar-refractivity contribution in [3.8, 4) is 0 Å². The molecular formula is C12H19NO5. The zero-order valence-electron chi connectivity index (χ0n) is 11.1. The van der Waals surface area contributed by atoms with Crippen LogP contribution in [0.15, 0.2) is 11.8 Å². The summed E-state index contributed by atoms with van der Waals surface area (Å²) in [6.07, 6.45) is 1.51. The average molecular weight is 257 g/mol. The molecule has 1 unspecified atom stereocenters. The van der Waals surface area contributed by atoms with Crippen LogP contribution in [-0.2, 0) is 23.9 Å². The second-order valence-corrected chi connectivity index (χ2v) is 4.94. The van der Waals surface area contributed by atoms with Gasteiger partial charge in [0.2, 0.25) is 6.10 Å². The van der Waals surface area contributed by atoms with Gasteiger partial charge in [-0.05, 0) is 33.3 Å². The first-order valence-electron chi connectivity index (χ1n) is 5.74. The van der Waals surface area contributed by atoms with Gasteiger partial charge in [-0.25, -0.2) is 4.79 Å². The first-order chi connectivity index (χ1) is 8.31. The fourth-order valence-corrected chi connectivity index (χ4v) is 1.34. The minimum Gasteiger partial charge on any atom is -0.469 e. The third-order valence-corrected chi connectivity index (χ3v) is 2.13. The van der Waals surface area contributed by atoms with Gasteiger partial charge < -0.3 is 9.47 Å². The molecule has 0 spiro atoms. The van der Waals surface area contributed by atoms with Gasteiger partial charge in [0.25, 0.3) is 0 Å². The van der Waals surface area contributed by atoms with Crippen LogP contribution in [0.3, 0.4) is 0 Å². The summed E-state index contributed by atoms with van der Waals surface area (Å²) in [6, 6.07) is 0. The fourth-order valence-electron chi connectivity index (χ4n) is 1.34. The molecule has 0 saturated carbocycles. The first-order valence-corrected chi connectivity index (χ1v) is 5.74. The molecule has 1 atom stereocenters. The maximum Gasteiger partial charge on any atom is 0.342 e. The number of hydroxylamine groups is 1. The van der Waals surface area contributed by atoms with E-state index < -0.39 is 17.7 Å². The minimum atomic E-state index is -0.767. The van der Waals surface area contributed by atoms with Gasteiger partial charge >= 0.3 is 11.9 Å². The van der Waals surface area contributed by atoms with E-state index in [9.17, 15) is 9.59 Å². The maximum atomic E-state index is 11.7. The van der Waals surface area contributed by atoms with E-state index >= 15 is 0 Å². The van der Waals surface area contributed by atoms with Crippen molar-refractivity contribution < 1.29 is 23.9 Å². The van der Waals surface area contributed by atoms with Crippen LogP contribution in [0.4, 0.5) is 0 Å². The van der Waals surface area contributed by atoms with Gasteiger partial charge in [-0.1, -0.05) is 0 Å². The first kappa shape index (κ1) is 14.5. The summed E-state index contributed by atoms with van der Waals surface area (Å²) in [6.45, 7) is 5.36. The Morgan fingerprint density at radius 1 is 1.44 bits per heavy atom. The number of hydrogen-bond donors (Lipinski definition) is 1. The smallest absolute Gasteiger partial charge is 0.342 e. The molecule has 0 saturated heterocycles. The molecule has 102 valence electrons. The lowest BCUT2D eigenvalue weighted by molar-refractivity contribution is -0.166. The van der Waals surface area contributed by atoms with Crippen LogP contribution in [-0.4, -0.2) is 30.8 Å². The van der Waals surface area contributed by atoms with E-state index in [1.807, 2.05) is 0 Å². The molecule has 1 aliphatic rings. The summed E-state index contributed by atoms with van der Waals surface area (Å²) >= 11 is 0. The Balaban J connectivity index is 2.45. The Labute approximate surface area is 106 Å². The zero-order chi connectivity index (χ0) is 13.8. The Morgan fingerprint density at radius 3 is 2.67 bits per heavy atom. The van der Waals surface area contributed by atoms with Gasteiger partial charge in [-0.15, -0.1) is 0 Å². The number of hydrogen-bond acceptors (Lipinski definition) is 6. The number of carbonyl (C=O) groups is 2. The van der Waals surface area contributed by atoms with Crippen LogP contribution in [0.5, 0.6) is 0 Å². The van der Waals surface area contributed by atoms with Crippen molar-refractivity contribution in [1.29, 1.82) is 0 Å². The van der Waals surface area contributed by atoms with E-state index in [4.69, 9.17) is 9.57 Å². The quantitative estimate of drug-likeness (QED) is 0.759. The molecule has 0 amide bonds. The van der Waals surface area contributed by atoms with Gasteiger partial charge in [0, 0.05) is 5.70 Å². The molecule has 0 radical (unpaired) electrons. The number of ether oxygens (including phenoxy) is 2. The lowest BCUT2D eigenvalue weighted by Gasteiger charge is -2.20. The van der Waals surface area contributed by atoms with E-state index in [-0.39, 0.29) is 12.4 Å². The third-order valence-electron chi connectivity index (χ3n) is 2.13. The third kappa shape index (κ3) is 4.75.